The van der Waals surface area contributed by atoms with E-state index in [9.17, 15) is 4.79 Å². The topological polar surface area (TPSA) is 52.3 Å². The Bertz CT molecular complexity index is 456. The van der Waals surface area contributed by atoms with Crippen LogP contribution < -0.4 is 10.5 Å². The average molecular weight is 249 g/mol. The fourth-order valence-corrected chi connectivity index (χ4v) is 2.09. The molecule has 0 aromatic heterocycles. The van der Waals surface area contributed by atoms with Crippen LogP contribution in [0.1, 0.15) is 62.0 Å². The maximum absolute atomic E-state index is 11.5. The molecule has 0 spiro atoms. The van der Waals surface area contributed by atoms with Gasteiger partial charge in [0, 0.05) is 0 Å². The van der Waals surface area contributed by atoms with Gasteiger partial charge in [0.1, 0.15) is 5.75 Å². The van der Waals surface area contributed by atoms with E-state index < -0.39 is 5.91 Å². The number of ether oxygens (including phenoxy) is 1. The van der Waals surface area contributed by atoms with E-state index >= 15 is 0 Å². The molecule has 0 aliphatic carbocycles. The van der Waals surface area contributed by atoms with Gasteiger partial charge in [0.25, 0.3) is 5.91 Å². The van der Waals surface area contributed by atoms with Crippen molar-refractivity contribution in [3.05, 3.63) is 28.8 Å². The van der Waals surface area contributed by atoms with Crippen LogP contribution >= 0.6 is 0 Å². The van der Waals surface area contributed by atoms with E-state index in [1.165, 1.54) is 5.56 Å². The number of amides is 1. The third kappa shape index (κ3) is 2.84. The molecule has 0 atom stereocenters. The van der Waals surface area contributed by atoms with Gasteiger partial charge in [-0.1, -0.05) is 34.6 Å². The SMILES string of the molecule is COc1cc(C(C)(C)C)c(C(C)C)cc1C(N)=O. The first-order valence-corrected chi connectivity index (χ1v) is 6.20. The molecule has 0 saturated heterocycles. The Morgan fingerprint density at radius 3 is 2.17 bits per heavy atom. The smallest absolute Gasteiger partial charge is 0.252 e. The maximum Gasteiger partial charge on any atom is 0.252 e. The molecule has 3 nitrogen and oxygen atoms in total. The fourth-order valence-electron chi connectivity index (χ4n) is 2.09. The van der Waals surface area contributed by atoms with Crippen LogP contribution in [0.4, 0.5) is 0 Å². The van der Waals surface area contributed by atoms with Crippen LogP contribution in [0.15, 0.2) is 12.1 Å². The van der Waals surface area contributed by atoms with E-state index in [0.29, 0.717) is 17.2 Å². The van der Waals surface area contributed by atoms with E-state index in [-0.39, 0.29) is 5.41 Å². The molecule has 1 aromatic rings. The summed E-state index contributed by atoms with van der Waals surface area (Å²) in [6, 6.07) is 3.81. The van der Waals surface area contributed by atoms with E-state index in [2.05, 4.69) is 34.6 Å². The number of methoxy groups -OCH3 is 1. The summed E-state index contributed by atoms with van der Waals surface area (Å²) < 4.78 is 5.28. The van der Waals surface area contributed by atoms with E-state index in [1.54, 1.807) is 7.11 Å². The van der Waals surface area contributed by atoms with Crippen LogP contribution in [0, 0.1) is 0 Å². The number of hydrogen-bond acceptors (Lipinski definition) is 2. The zero-order valence-electron chi connectivity index (χ0n) is 12.1. The van der Waals surface area contributed by atoms with Crippen molar-refractivity contribution in [3.8, 4) is 5.75 Å². The van der Waals surface area contributed by atoms with Gasteiger partial charge in [-0.25, -0.2) is 0 Å². The van der Waals surface area contributed by atoms with Crippen LogP contribution in [-0.4, -0.2) is 13.0 Å². The molecule has 1 rings (SSSR count). The second-order valence-electron chi connectivity index (χ2n) is 5.91. The first-order valence-electron chi connectivity index (χ1n) is 6.20. The number of nitrogens with two attached hydrogens (primary N) is 1. The highest BCUT2D eigenvalue weighted by molar-refractivity contribution is 5.96. The standard InChI is InChI=1S/C15H23NO2/c1-9(2)10-7-11(14(16)17)13(18-6)8-12(10)15(3,4)5/h7-9H,1-6H3,(H2,16,17). The molecule has 0 radical (unpaired) electrons. The van der Waals surface area contributed by atoms with Gasteiger partial charge in [-0.15, -0.1) is 0 Å². The lowest BCUT2D eigenvalue weighted by Crippen LogP contribution is -2.19. The van der Waals surface area contributed by atoms with Crippen LogP contribution in [-0.2, 0) is 5.41 Å². The molecule has 3 heteroatoms. The molecule has 0 unspecified atom stereocenters. The summed E-state index contributed by atoms with van der Waals surface area (Å²) >= 11 is 0. The monoisotopic (exact) mass is 249 g/mol. The fraction of sp³-hybridized carbons (Fsp3) is 0.533. The van der Waals surface area contributed by atoms with Crippen LogP contribution in [0.2, 0.25) is 0 Å². The molecular weight excluding hydrogens is 226 g/mol. The third-order valence-electron chi connectivity index (χ3n) is 3.07. The summed E-state index contributed by atoms with van der Waals surface area (Å²) in [7, 11) is 1.56. The van der Waals surface area contributed by atoms with Crippen LogP contribution in [0.3, 0.4) is 0 Å². The number of carbonyl (C=O) groups excluding carboxylic acids is 1. The number of benzene rings is 1. The minimum Gasteiger partial charge on any atom is -0.496 e. The predicted octanol–water partition coefficient (Wildman–Crippen LogP) is 3.22. The van der Waals surface area contributed by atoms with Gasteiger partial charge in [-0.3, -0.25) is 4.79 Å². The van der Waals surface area contributed by atoms with Crippen molar-refractivity contribution in [3.63, 3.8) is 0 Å². The largest absolute Gasteiger partial charge is 0.496 e. The Morgan fingerprint density at radius 1 is 1.28 bits per heavy atom. The molecule has 18 heavy (non-hydrogen) atoms. The van der Waals surface area contributed by atoms with Crippen molar-refractivity contribution in [2.24, 2.45) is 5.73 Å². The molecule has 1 amide bonds. The molecule has 1 aromatic carbocycles. The number of carbonyl (C=O) groups is 1. The predicted molar refractivity (Wildman–Crippen MR) is 74.3 cm³/mol. The maximum atomic E-state index is 11.5. The molecule has 0 aliphatic heterocycles. The van der Waals surface area contributed by atoms with Crippen LogP contribution in [0.5, 0.6) is 5.75 Å². The number of hydrogen-bond donors (Lipinski definition) is 1. The molecule has 0 saturated carbocycles. The summed E-state index contributed by atoms with van der Waals surface area (Å²) in [5, 5.41) is 0. The molecule has 0 heterocycles. The molecule has 0 aliphatic rings. The van der Waals surface area contributed by atoms with Crippen molar-refractivity contribution in [2.45, 2.75) is 46.0 Å². The average Bonchev–Trinajstić information content (AvgIpc) is 2.25. The van der Waals surface area contributed by atoms with Gasteiger partial charge >= 0.3 is 0 Å². The molecular formula is C15H23NO2. The van der Waals surface area contributed by atoms with Gasteiger partial charge < -0.3 is 10.5 Å². The van der Waals surface area contributed by atoms with Gasteiger partial charge in [0.05, 0.1) is 12.7 Å². The molecule has 0 bridgehead atoms. The van der Waals surface area contributed by atoms with Crippen molar-refractivity contribution < 1.29 is 9.53 Å². The van der Waals surface area contributed by atoms with Gasteiger partial charge in [-0.2, -0.15) is 0 Å². The lowest BCUT2D eigenvalue weighted by Gasteiger charge is -2.26. The summed E-state index contributed by atoms with van der Waals surface area (Å²) in [6.45, 7) is 10.7. The minimum atomic E-state index is -0.450. The van der Waals surface area contributed by atoms with Crippen LogP contribution in [0.25, 0.3) is 0 Å². The zero-order valence-corrected chi connectivity index (χ0v) is 12.1. The summed E-state index contributed by atoms with van der Waals surface area (Å²) in [5.41, 5.74) is 8.20. The second-order valence-corrected chi connectivity index (χ2v) is 5.91. The highest BCUT2D eigenvalue weighted by atomic mass is 16.5. The molecule has 100 valence electrons. The highest BCUT2D eigenvalue weighted by Crippen LogP contribution is 2.35. The van der Waals surface area contributed by atoms with E-state index in [1.807, 2.05) is 12.1 Å². The Balaban J connectivity index is 3.57. The zero-order chi connectivity index (χ0) is 14.1. The molecule has 0 fully saturated rings. The number of primary amides is 1. The normalized spacial score (nSPS) is 11.7. The van der Waals surface area contributed by atoms with Crippen molar-refractivity contribution in [1.29, 1.82) is 0 Å². The number of rotatable bonds is 3. The lowest BCUT2D eigenvalue weighted by atomic mass is 9.79. The highest BCUT2D eigenvalue weighted by Gasteiger charge is 2.23. The van der Waals surface area contributed by atoms with Crippen molar-refractivity contribution in [2.75, 3.05) is 7.11 Å². The minimum absolute atomic E-state index is 0.00304. The summed E-state index contributed by atoms with van der Waals surface area (Å²) in [4.78, 5) is 11.5. The summed E-state index contributed by atoms with van der Waals surface area (Å²) in [5.74, 6) is 0.439. The quantitative estimate of drug-likeness (QED) is 0.894. The first kappa shape index (κ1) is 14.6. The van der Waals surface area contributed by atoms with Gasteiger partial charge in [0.2, 0.25) is 0 Å². The van der Waals surface area contributed by atoms with Gasteiger partial charge in [-0.05, 0) is 34.6 Å². The Kier molecular flexibility index (Phi) is 4.05. The third-order valence-corrected chi connectivity index (χ3v) is 3.07. The van der Waals surface area contributed by atoms with E-state index in [4.69, 9.17) is 10.5 Å². The van der Waals surface area contributed by atoms with Gasteiger partial charge in [0.15, 0.2) is 0 Å². The summed E-state index contributed by atoms with van der Waals surface area (Å²) in [6.07, 6.45) is 0. The van der Waals surface area contributed by atoms with E-state index in [0.717, 1.165) is 5.56 Å². The first-order chi connectivity index (χ1) is 8.18. The Morgan fingerprint density at radius 2 is 1.83 bits per heavy atom. The van der Waals surface area contributed by atoms with Crippen molar-refractivity contribution >= 4 is 5.91 Å². The second kappa shape index (κ2) is 5.01. The van der Waals surface area contributed by atoms with Crippen molar-refractivity contribution in [1.82, 2.24) is 0 Å². The lowest BCUT2D eigenvalue weighted by molar-refractivity contribution is 0.0997. The Hall–Kier alpha value is -1.51. The Labute approximate surface area is 109 Å². The molecule has 2 N–H and O–H groups in total.